The predicted molar refractivity (Wildman–Crippen MR) is 63.6 cm³/mol. The van der Waals surface area contributed by atoms with E-state index in [9.17, 15) is 4.79 Å². The van der Waals surface area contributed by atoms with Gasteiger partial charge in [-0.2, -0.15) is 0 Å². The Kier molecular flexibility index (Phi) is 3.25. The monoisotopic (exact) mass is 224 g/mol. The van der Waals surface area contributed by atoms with E-state index in [-0.39, 0.29) is 0 Å². The number of rotatable bonds is 3. The van der Waals surface area contributed by atoms with E-state index in [1.165, 1.54) is 28.2 Å². The minimum atomic E-state index is 0.304. The van der Waals surface area contributed by atoms with Crippen molar-refractivity contribution < 1.29 is 4.79 Å². The molecule has 1 atom stereocenters. The summed E-state index contributed by atoms with van der Waals surface area (Å²) in [5, 5.41) is 0. The molecule has 0 aliphatic carbocycles. The number of hydrogen-bond acceptors (Lipinski definition) is 2. The van der Waals surface area contributed by atoms with E-state index < -0.39 is 0 Å². The summed E-state index contributed by atoms with van der Waals surface area (Å²) in [4.78, 5) is 12.3. The topological polar surface area (TPSA) is 17.1 Å². The van der Waals surface area contributed by atoms with Crippen LogP contribution < -0.4 is 0 Å². The van der Waals surface area contributed by atoms with E-state index in [1.807, 2.05) is 11.8 Å². The van der Waals surface area contributed by atoms with Gasteiger partial charge in [0, 0.05) is 10.6 Å². The molecule has 0 radical (unpaired) electrons. The zero-order chi connectivity index (χ0) is 9.97. The largest absolute Gasteiger partial charge is 0.295 e. The fraction of sp³-hybridized carbons (Fsp3) is 0.364. The molecule has 3 heteroatoms. The van der Waals surface area contributed by atoms with Gasteiger partial charge in [-0.1, -0.05) is 12.1 Å². The molecule has 0 N–H and O–H groups in total. The van der Waals surface area contributed by atoms with Crippen LogP contribution in [-0.2, 0) is 17.4 Å². The maximum Gasteiger partial charge on any atom is 0.148 e. The van der Waals surface area contributed by atoms with E-state index in [1.54, 1.807) is 6.92 Å². The summed E-state index contributed by atoms with van der Waals surface area (Å²) >= 11 is 1.93. The first-order chi connectivity index (χ1) is 6.75. The maximum absolute atomic E-state index is 10.9. The highest BCUT2D eigenvalue weighted by Crippen LogP contribution is 2.33. The molecule has 1 nitrogen and oxygen atoms in total. The Labute approximate surface area is 90.4 Å². The molecule has 1 heterocycles. The van der Waals surface area contributed by atoms with Crippen LogP contribution in [0.5, 0.6) is 0 Å². The van der Waals surface area contributed by atoms with E-state index in [0.717, 1.165) is 6.16 Å². The van der Waals surface area contributed by atoms with Gasteiger partial charge < -0.3 is 0 Å². The molecule has 2 rings (SSSR count). The summed E-state index contributed by atoms with van der Waals surface area (Å²) in [5.41, 5.74) is 3.09. The van der Waals surface area contributed by atoms with E-state index in [2.05, 4.69) is 18.2 Å². The van der Waals surface area contributed by atoms with Gasteiger partial charge in [-0.15, -0.1) is 11.8 Å². The zero-order valence-corrected chi connectivity index (χ0v) is 9.99. The highest BCUT2D eigenvalue weighted by Gasteiger charge is 2.11. The van der Waals surface area contributed by atoms with Gasteiger partial charge >= 0.3 is 0 Å². The van der Waals surface area contributed by atoms with Crippen molar-refractivity contribution in [1.82, 2.24) is 0 Å². The van der Waals surface area contributed by atoms with Crippen LogP contribution in [0.25, 0.3) is 0 Å². The summed E-state index contributed by atoms with van der Waals surface area (Å²) in [6.45, 7) is 1.67. The first-order valence-electron chi connectivity index (χ1n) is 4.75. The molecule has 1 aromatic carbocycles. The van der Waals surface area contributed by atoms with Crippen molar-refractivity contribution in [3.05, 3.63) is 29.3 Å². The lowest BCUT2D eigenvalue weighted by Crippen LogP contribution is -1.85. The smallest absolute Gasteiger partial charge is 0.148 e. The number of benzene rings is 1. The van der Waals surface area contributed by atoms with Crippen LogP contribution >= 0.6 is 20.3 Å². The second-order valence-corrected chi connectivity index (χ2v) is 6.00. The predicted octanol–water partition coefficient (Wildman–Crippen LogP) is 3.06. The molecule has 0 saturated carbocycles. The molecule has 14 heavy (non-hydrogen) atoms. The molecule has 1 unspecified atom stereocenters. The molecule has 1 aliphatic rings. The van der Waals surface area contributed by atoms with Crippen molar-refractivity contribution in [3.63, 3.8) is 0 Å². The third-order valence-electron chi connectivity index (χ3n) is 2.30. The van der Waals surface area contributed by atoms with Crippen molar-refractivity contribution in [1.29, 1.82) is 0 Å². The Morgan fingerprint density at radius 3 is 3.21 bits per heavy atom. The Bertz CT molecular complexity index is 362. The number of carbonyl (C=O) groups is 1. The number of thioether (sulfide) groups is 1. The molecule has 1 aliphatic heterocycles. The molecular weight excluding hydrogens is 211 g/mol. The molecule has 0 spiro atoms. The lowest BCUT2D eigenvalue weighted by Gasteiger charge is -2.02. The SMILES string of the molecule is CC(=O)PCc1ccc2c(c1)SCC2. The number of aryl methyl sites for hydroxylation is 1. The van der Waals surface area contributed by atoms with Crippen LogP contribution in [0, 0.1) is 0 Å². The van der Waals surface area contributed by atoms with E-state index in [0.29, 0.717) is 14.1 Å². The first-order valence-corrected chi connectivity index (χ1v) is 6.94. The summed E-state index contributed by atoms with van der Waals surface area (Å²) < 4.78 is 0. The minimum absolute atomic E-state index is 0.304. The fourth-order valence-electron chi connectivity index (χ4n) is 1.55. The van der Waals surface area contributed by atoms with Gasteiger partial charge in [0.05, 0.1) is 0 Å². The Morgan fingerprint density at radius 1 is 1.57 bits per heavy atom. The standard InChI is InChI=1S/C11H13OPS/c1-8(12)13-7-9-2-3-10-4-5-14-11(10)6-9/h2-3,6,13H,4-5,7H2,1H3. The number of fused-ring (bicyclic) bond motifs is 1. The van der Waals surface area contributed by atoms with Gasteiger partial charge in [-0.3, -0.25) is 4.79 Å². The summed E-state index contributed by atoms with van der Waals surface area (Å²) in [5.74, 6) is 1.22. The first kappa shape index (κ1) is 10.2. The molecule has 0 aromatic heterocycles. The van der Waals surface area contributed by atoms with Crippen LogP contribution in [0.3, 0.4) is 0 Å². The van der Waals surface area contributed by atoms with E-state index >= 15 is 0 Å². The lowest BCUT2D eigenvalue weighted by molar-refractivity contribution is -0.109. The van der Waals surface area contributed by atoms with Crippen molar-refractivity contribution >= 4 is 25.9 Å². The number of hydrogen-bond donors (Lipinski definition) is 0. The van der Waals surface area contributed by atoms with Gasteiger partial charge in [-0.05, 0) is 45.3 Å². The summed E-state index contributed by atoms with van der Waals surface area (Å²) in [6.07, 6.45) is 2.12. The normalized spacial score (nSPS) is 14.9. The average Bonchev–Trinajstić information content (AvgIpc) is 2.61. The highest BCUT2D eigenvalue weighted by molar-refractivity contribution is 7.99. The Balaban J connectivity index is 2.09. The third kappa shape index (κ3) is 2.37. The molecule has 0 amide bonds. The molecule has 1 aromatic rings. The minimum Gasteiger partial charge on any atom is -0.295 e. The molecule has 74 valence electrons. The third-order valence-corrected chi connectivity index (χ3v) is 4.48. The van der Waals surface area contributed by atoms with Gasteiger partial charge in [0.1, 0.15) is 5.52 Å². The van der Waals surface area contributed by atoms with Crippen LogP contribution in [0.15, 0.2) is 23.1 Å². The van der Waals surface area contributed by atoms with Crippen molar-refractivity contribution in [2.45, 2.75) is 24.4 Å². The van der Waals surface area contributed by atoms with Crippen molar-refractivity contribution in [2.24, 2.45) is 0 Å². The second kappa shape index (κ2) is 4.46. The summed E-state index contributed by atoms with van der Waals surface area (Å²) in [7, 11) is 0.433. The van der Waals surface area contributed by atoms with Crippen LogP contribution in [-0.4, -0.2) is 11.3 Å². The quantitative estimate of drug-likeness (QED) is 0.734. The van der Waals surface area contributed by atoms with Gasteiger partial charge in [-0.25, -0.2) is 0 Å². The van der Waals surface area contributed by atoms with Crippen molar-refractivity contribution in [2.75, 3.05) is 5.75 Å². The molecule has 0 bridgehead atoms. The Hall–Kier alpha value is -0.330. The maximum atomic E-state index is 10.9. The zero-order valence-electron chi connectivity index (χ0n) is 8.17. The fourth-order valence-corrected chi connectivity index (χ4v) is 3.35. The number of carbonyl (C=O) groups excluding carboxylic acids is 1. The van der Waals surface area contributed by atoms with Gasteiger partial charge in [0.15, 0.2) is 0 Å². The average molecular weight is 224 g/mol. The molecule has 0 fully saturated rings. The Morgan fingerprint density at radius 2 is 2.43 bits per heavy atom. The van der Waals surface area contributed by atoms with Gasteiger partial charge in [0.25, 0.3) is 0 Å². The van der Waals surface area contributed by atoms with Crippen molar-refractivity contribution in [3.8, 4) is 0 Å². The lowest BCUT2D eigenvalue weighted by atomic mass is 10.1. The molecule has 0 saturated heterocycles. The van der Waals surface area contributed by atoms with Crippen LogP contribution in [0.4, 0.5) is 0 Å². The highest BCUT2D eigenvalue weighted by atomic mass is 32.2. The van der Waals surface area contributed by atoms with Crippen LogP contribution in [0.2, 0.25) is 0 Å². The van der Waals surface area contributed by atoms with Crippen LogP contribution in [0.1, 0.15) is 18.1 Å². The van der Waals surface area contributed by atoms with Gasteiger partial charge in [0.2, 0.25) is 0 Å². The summed E-state index contributed by atoms with van der Waals surface area (Å²) in [6, 6.07) is 6.64. The second-order valence-electron chi connectivity index (χ2n) is 3.45. The molecular formula is C11H13OPS. The van der Waals surface area contributed by atoms with E-state index in [4.69, 9.17) is 0 Å².